The molecule has 0 unspecified atom stereocenters. The molecule has 1 aliphatic rings. The van der Waals surface area contributed by atoms with Gasteiger partial charge in [-0.05, 0) is 68.9 Å². The van der Waals surface area contributed by atoms with E-state index in [4.69, 9.17) is 9.47 Å². The summed E-state index contributed by atoms with van der Waals surface area (Å²) < 4.78 is 11.5. The van der Waals surface area contributed by atoms with Gasteiger partial charge in [-0.1, -0.05) is 30.3 Å². The standard InChI is InChI=1S/C26H34N2O4/c1-19-11-12-20(2)26(21(19)3)32-18-25(30)28-15-13-22(14-16-28)27-24(29)10-7-17-31-23-8-5-4-6-9-23/h4-6,8-9,11-12,22H,7,10,13-18H2,1-3H3,(H,27,29). The number of carbonyl (C=O) groups excluding carboxylic acids is 2. The number of nitrogens with one attached hydrogen (secondary N) is 1. The van der Waals surface area contributed by atoms with Crippen LogP contribution in [-0.4, -0.2) is 49.1 Å². The number of nitrogens with zero attached hydrogens (tertiary/aromatic N) is 1. The maximum absolute atomic E-state index is 12.6. The number of rotatable bonds is 9. The Morgan fingerprint density at radius 3 is 2.38 bits per heavy atom. The molecule has 6 heteroatoms. The number of benzene rings is 2. The molecule has 0 aliphatic carbocycles. The van der Waals surface area contributed by atoms with E-state index in [-0.39, 0.29) is 24.5 Å². The Balaban J connectivity index is 1.33. The molecule has 0 aromatic heterocycles. The molecule has 1 N–H and O–H groups in total. The second-order valence-electron chi connectivity index (χ2n) is 8.43. The molecule has 0 spiro atoms. The van der Waals surface area contributed by atoms with Crippen molar-refractivity contribution in [2.45, 2.75) is 52.5 Å². The Morgan fingerprint density at radius 1 is 0.969 bits per heavy atom. The van der Waals surface area contributed by atoms with Crippen LogP contribution in [0.2, 0.25) is 0 Å². The lowest BCUT2D eigenvalue weighted by atomic mass is 10.0. The van der Waals surface area contributed by atoms with Crippen molar-refractivity contribution in [1.29, 1.82) is 0 Å². The van der Waals surface area contributed by atoms with Crippen LogP contribution in [0.15, 0.2) is 42.5 Å². The van der Waals surface area contributed by atoms with E-state index in [9.17, 15) is 9.59 Å². The molecule has 0 atom stereocenters. The lowest BCUT2D eigenvalue weighted by Gasteiger charge is -2.32. The van der Waals surface area contributed by atoms with Crippen molar-refractivity contribution in [3.05, 3.63) is 59.2 Å². The second kappa shape index (κ2) is 11.6. The highest BCUT2D eigenvalue weighted by Crippen LogP contribution is 2.25. The van der Waals surface area contributed by atoms with Gasteiger partial charge in [0, 0.05) is 25.6 Å². The molecule has 3 rings (SSSR count). The fraction of sp³-hybridized carbons (Fsp3) is 0.462. The van der Waals surface area contributed by atoms with Crippen LogP contribution in [0.5, 0.6) is 11.5 Å². The van der Waals surface area contributed by atoms with Crippen LogP contribution in [0.25, 0.3) is 0 Å². The van der Waals surface area contributed by atoms with E-state index in [1.54, 1.807) is 0 Å². The lowest BCUT2D eigenvalue weighted by Crippen LogP contribution is -2.47. The number of likely N-dealkylation sites (tertiary alicyclic amines) is 1. The Bertz CT molecular complexity index is 906. The second-order valence-corrected chi connectivity index (χ2v) is 8.43. The molecule has 1 aliphatic heterocycles. The fourth-order valence-electron chi connectivity index (χ4n) is 3.89. The van der Waals surface area contributed by atoms with Crippen LogP contribution >= 0.6 is 0 Å². The first kappa shape index (κ1) is 23.6. The molecule has 0 bridgehead atoms. The topological polar surface area (TPSA) is 67.9 Å². The predicted octanol–water partition coefficient (Wildman–Crippen LogP) is 3.96. The van der Waals surface area contributed by atoms with Gasteiger partial charge >= 0.3 is 0 Å². The lowest BCUT2D eigenvalue weighted by molar-refractivity contribution is -0.134. The zero-order valence-electron chi connectivity index (χ0n) is 19.4. The van der Waals surface area contributed by atoms with Gasteiger partial charge in [-0.3, -0.25) is 9.59 Å². The number of amides is 2. The summed E-state index contributed by atoms with van der Waals surface area (Å²) in [5.41, 5.74) is 3.27. The number of hydrogen-bond donors (Lipinski definition) is 1. The number of carbonyl (C=O) groups is 2. The maximum Gasteiger partial charge on any atom is 0.260 e. The zero-order valence-corrected chi connectivity index (χ0v) is 19.4. The highest BCUT2D eigenvalue weighted by Gasteiger charge is 2.24. The van der Waals surface area contributed by atoms with Crippen molar-refractivity contribution in [1.82, 2.24) is 10.2 Å². The van der Waals surface area contributed by atoms with E-state index in [1.807, 2.05) is 62.1 Å². The molecular weight excluding hydrogens is 404 g/mol. The Kier molecular flexibility index (Phi) is 8.54. The largest absolute Gasteiger partial charge is 0.494 e. The summed E-state index contributed by atoms with van der Waals surface area (Å²) in [5, 5.41) is 3.09. The van der Waals surface area contributed by atoms with E-state index < -0.39 is 0 Å². The number of hydrogen-bond acceptors (Lipinski definition) is 4. The number of piperidine rings is 1. The molecule has 1 saturated heterocycles. The van der Waals surface area contributed by atoms with Gasteiger partial charge < -0.3 is 19.7 Å². The van der Waals surface area contributed by atoms with Crippen LogP contribution in [0.1, 0.15) is 42.4 Å². The summed E-state index contributed by atoms with van der Waals surface area (Å²) in [7, 11) is 0. The van der Waals surface area contributed by atoms with Gasteiger partial charge in [-0.2, -0.15) is 0 Å². The van der Waals surface area contributed by atoms with Crippen LogP contribution in [0.3, 0.4) is 0 Å². The van der Waals surface area contributed by atoms with Crippen molar-refractivity contribution >= 4 is 11.8 Å². The third-order valence-corrected chi connectivity index (χ3v) is 5.99. The number of aryl methyl sites for hydroxylation is 2. The van der Waals surface area contributed by atoms with Gasteiger partial charge in [-0.25, -0.2) is 0 Å². The minimum Gasteiger partial charge on any atom is -0.494 e. The Morgan fingerprint density at radius 2 is 1.66 bits per heavy atom. The van der Waals surface area contributed by atoms with Gasteiger partial charge in [0.25, 0.3) is 5.91 Å². The van der Waals surface area contributed by atoms with Crippen molar-refractivity contribution in [3.63, 3.8) is 0 Å². The van der Waals surface area contributed by atoms with E-state index in [1.165, 1.54) is 0 Å². The van der Waals surface area contributed by atoms with Crippen LogP contribution in [0.4, 0.5) is 0 Å². The first-order chi connectivity index (χ1) is 15.4. The summed E-state index contributed by atoms with van der Waals surface area (Å²) in [4.78, 5) is 26.7. The fourth-order valence-corrected chi connectivity index (χ4v) is 3.89. The van der Waals surface area contributed by atoms with Crippen molar-refractivity contribution < 1.29 is 19.1 Å². The smallest absolute Gasteiger partial charge is 0.260 e. The van der Waals surface area contributed by atoms with Gasteiger partial charge in [0.1, 0.15) is 11.5 Å². The van der Waals surface area contributed by atoms with Gasteiger partial charge in [-0.15, -0.1) is 0 Å². The van der Waals surface area contributed by atoms with E-state index in [0.29, 0.717) is 32.5 Å². The Labute approximate surface area is 190 Å². The third kappa shape index (κ3) is 6.74. The average molecular weight is 439 g/mol. The number of ether oxygens (including phenoxy) is 2. The van der Waals surface area contributed by atoms with E-state index in [0.717, 1.165) is 41.0 Å². The molecule has 6 nitrogen and oxygen atoms in total. The summed E-state index contributed by atoms with van der Waals surface area (Å²) in [6.07, 6.45) is 2.64. The monoisotopic (exact) mass is 438 g/mol. The molecule has 1 fully saturated rings. The summed E-state index contributed by atoms with van der Waals surface area (Å²) in [6, 6.07) is 13.8. The first-order valence-corrected chi connectivity index (χ1v) is 11.4. The molecule has 172 valence electrons. The van der Waals surface area contributed by atoms with Crippen molar-refractivity contribution in [3.8, 4) is 11.5 Å². The normalized spacial score (nSPS) is 14.2. The zero-order chi connectivity index (χ0) is 22.9. The van der Waals surface area contributed by atoms with Crippen LogP contribution in [-0.2, 0) is 9.59 Å². The summed E-state index contributed by atoms with van der Waals surface area (Å²) in [5.74, 6) is 1.66. The highest BCUT2D eigenvalue weighted by molar-refractivity contribution is 5.78. The summed E-state index contributed by atoms with van der Waals surface area (Å²) in [6.45, 7) is 7.89. The highest BCUT2D eigenvalue weighted by atomic mass is 16.5. The minimum absolute atomic E-state index is 0.00635. The average Bonchev–Trinajstić information content (AvgIpc) is 2.80. The molecular formula is C26H34N2O4. The number of para-hydroxylation sites is 1. The maximum atomic E-state index is 12.6. The van der Waals surface area contributed by atoms with Gasteiger partial charge in [0.05, 0.1) is 6.61 Å². The SMILES string of the molecule is Cc1ccc(C)c(OCC(=O)N2CCC(NC(=O)CCCOc3ccccc3)CC2)c1C. The van der Waals surface area contributed by atoms with Crippen LogP contribution < -0.4 is 14.8 Å². The van der Waals surface area contributed by atoms with Crippen molar-refractivity contribution in [2.24, 2.45) is 0 Å². The van der Waals surface area contributed by atoms with E-state index >= 15 is 0 Å². The van der Waals surface area contributed by atoms with E-state index in [2.05, 4.69) is 11.4 Å². The van der Waals surface area contributed by atoms with Crippen LogP contribution in [0, 0.1) is 20.8 Å². The predicted molar refractivity (Wildman–Crippen MR) is 125 cm³/mol. The molecule has 2 aromatic carbocycles. The van der Waals surface area contributed by atoms with Gasteiger partial charge in [0.15, 0.2) is 6.61 Å². The molecule has 2 amide bonds. The molecule has 1 heterocycles. The molecule has 2 aromatic rings. The van der Waals surface area contributed by atoms with Crippen molar-refractivity contribution in [2.75, 3.05) is 26.3 Å². The molecule has 32 heavy (non-hydrogen) atoms. The minimum atomic E-state index is -0.00635. The summed E-state index contributed by atoms with van der Waals surface area (Å²) >= 11 is 0. The molecule has 0 radical (unpaired) electrons. The third-order valence-electron chi connectivity index (χ3n) is 5.99. The first-order valence-electron chi connectivity index (χ1n) is 11.4. The molecule has 0 saturated carbocycles. The Hall–Kier alpha value is -3.02. The quantitative estimate of drug-likeness (QED) is 0.602. The van der Waals surface area contributed by atoms with Gasteiger partial charge in [0.2, 0.25) is 5.91 Å².